The average molecular weight is 442 g/mol. The van der Waals surface area contributed by atoms with Crippen LogP contribution in [-0.4, -0.2) is 9.97 Å². The number of ether oxygens (including phenoxy) is 1. The summed E-state index contributed by atoms with van der Waals surface area (Å²) in [5, 5.41) is 0.318. The van der Waals surface area contributed by atoms with Gasteiger partial charge in [-0.2, -0.15) is 0 Å². The van der Waals surface area contributed by atoms with E-state index in [9.17, 15) is 4.39 Å². The number of nitrogens with zero attached hydrogens (tertiary/aromatic N) is 2. The third-order valence-corrected chi connectivity index (χ3v) is 4.63. The van der Waals surface area contributed by atoms with Crippen LogP contribution in [0, 0.1) is 5.82 Å². The lowest BCUT2D eigenvalue weighted by molar-refractivity contribution is 0.226. The molecule has 3 rings (SSSR count). The van der Waals surface area contributed by atoms with E-state index in [0.29, 0.717) is 22.2 Å². The van der Waals surface area contributed by atoms with Crippen molar-refractivity contribution in [1.82, 2.24) is 9.97 Å². The molecule has 0 spiro atoms. The van der Waals surface area contributed by atoms with Gasteiger partial charge in [0.15, 0.2) is 5.82 Å². The van der Waals surface area contributed by atoms with E-state index in [1.54, 1.807) is 31.5 Å². The van der Waals surface area contributed by atoms with Crippen molar-refractivity contribution in [3.8, 4) is 17.1 Å². The molecule has 0 saturated carbocycles. The van der Waals surface area contributed by atoms with Gasteiger partial charge >= 0.3 is 0 Å². The first-order valence-corrected chi connectivity index (χ1v) is 8.88. The number of rotatable bonds is 4. The van der Waals surface area contributed by atoms with E-state index in [-0.39, 0.29) is 5.02 Å². The van der Waals surface area contributed by atoms with Crippen molar-refractivity contribution in [2.45, 2.75) is 13.0 Å². The molecule has 0 amide bonds. The molecule has 0 saturated heterocycles. The number of halogens is 4. The minimum absolute atomic E-state index is 0.0348. The van der Waals surface area contributed by atoms with Gasteiger partial charge < -0.3 is 4.74 Å². The van der Waals surface area contributed by atoms with Gasteiger partial charge in [0, 0.05) is 28.5 Å². The van der Waals surface area contributed by atoms with Crippen LogP contribution in [0.2, 0.25) is 10.0 Å². The van der Waals surface area contributed by atoms with Gasteiger partial charge in [-0.25, -0.2) is 14.4 Å². The van der Waals surface area contributed by atoms with Gasteiger partial charge in [-0.1, -0.05) is 35.3 Å². The minimum Gasteiger partial charge on any atom is -0.486 e. The largest absolute Gasteiger partial charge is 0.486 e. The molecule has 128 valence electrons. The Morgan fingerprint density at radius 1 is 1.12 bits per heavy atom. The van der Waals surface area contributed by atoms with Crippen molar-refractivity contribution >= 4 is 39.1 Å². The summed E-state index contributed by atoms with van der Waals surface area (Å²) >= 11 is 15.5. The van der Waals surface area contributed by atoms with Crippen LogP contribution < -0.4 is 4.74 Å². The predicted octanol–water partition coefficient (Wildman–Crippen LogP) is 6.49. The molecule has 3 aromatic rings. The summed E-state index contributed by atoms with van der Waals surface area (Å²) in [6.07, 6.45) is 2.81. The maximum absolute atomic E-state index is 13.7. The predicted molar refractivity (Wildman–Crippen MR) is 101 cm³/mol. The topological polar surface area (TPSA) is 35.0 Å². The van der Waals surface area contributed by atoms with Crippen LogP contribution in [0.25, 0.3) is 11.4 Å². The molecule has 1 atom stereocenters. The fraction of sp³-hybridized carbons (Fsp3) is 0.111. The molecule has 7 heteroatoms. The first-order valence-electron chi connectivity index (χ1n) is 7.33. The van der Waals surface area contributed by atoms with E-state index in [2.05, 4.69) is 25.9 Å². The zero-order chi connectivity index (χ0) is 18.0. The van der Waals surface area contributed by atoms with E-state index in [0.717, 1.165) is 10.0 Å². The molecular weight excluding hydrogens is 430 g/mol. The highest BCUT2D eigenvalue weighted by molar-refractivity contribution is 9.10. The van der Waals surface area contributed by atoms with Crippen molar-refractivity contribution in [3.63, 3.8) is 0 Å². The average Bonchev–Trinajstić information content (AvgIpc) is 2.59. The minimum atomic E-state index is -0.534. The molecule has 3 nitrogen and oxygen atoms in total. The summed E-state index contributed by atoms with van der Waals surface area (Å²) in [5.74, 6) is 0.615. The zero-order valence-electron chi connectivity index (χ0n) is 13.0. The van der Waals surface area contributed by atoms with Gasteiger partial charge in [0.1, 0.15) is 17.7 Å². The molecule has 0 aliphatic rings. The summed E-state index contributed by atoms with van der Waals surface area (Å²) in [7, 11) is 0. The second-order valence-corrected chi connectivity index (χ2v) is 6.97. The smallest absolute Gasteiger partial charge is 0.159 e. The van der Waals surface area contributed by atoms with Crippen LogP contribution in [0.5, 0.6) is 5.75 Å². The molecule has 0 bridgehead atoms. The Labute approximate surface area is 162 Å². The summed E-state index contributed by atoms with van der Waals surface area (Å²) in [5.41, 5.74) is 1.21. The van der Waals surface area contributed by atoms with Gasteiger partial charge in [-0.3, -0.25) is 0 Å². The number of hydrogen-bond donors (Lipinski definition) is 0. The second kappa shape index (κ2) is 7.68. The summed E-state index contributed by atoms with van der Waals surface area (Å²) in [4.78, 5) is 8.52. The van der Waals surface area contributed by atoms with Crippen molar-refractivity contribution in [1.29, 1.82) is 0 Å². The van der Waals surface area contributed by atoms with Crippen molar-refractivity contribution < 1.29 is 9.13 Å². The molecule has 1 heterocycles. The third kappa shape index (κ3) is 4.11. The molecule has 0 aliphatic carbocycles. The highest BCUT2D eigenvalue weighted by Crippen LogP contribution is 2.35. The van der Waals surface area contributed by atoms with Gasteiger partial charge in [0.25, 0.3) is 0 Å². The van der Waals surface area contributed by atoms with Crippen molar-refractivity contribution in [2.75, 3.05) is 0 Å². The molecular formula is C18H12BrCl2FN2O. The lowest BCUT2D eigenvalue weighted by atomic mass is 10.1. The second-order valence-electron chi connectivity index (χ2n) is 5.27. The summed E-state index contributed by atoms with van der Waals surface area (Å²) in [6, 6.07) is 10.00. The van der Waals surface area contributed by atoms with Gasteiger partial charge in [-0.15, -0.1) is 0 Å². The zero-order valence-corrected chi connectivity index (χ0v) is 16.1. The molecule has 1 aromatic heterocycles. The molecule has 0 aliphatic heterocycles. The standard InChI is InChI=1S/C18H12BrCl2FN2O/c1-10(16-14(20)5-6-15(22)17(16)21)25-13-4-2-3-11(7-13)18-23-8-12(19)9-24-18/h2-10H,1H3. The quantitative estimate of drug-likeness (QED) is 0.434. The molecule has 0 N–H and O–H groups in total. The highest BCUT2D eigenvalue weighted by Gasteiger charge is 2.18. The van der Waals surface area contributed by atoms with Crippen molar-refractivity contribution in [2.24, 2.45) is 0 Å². The number of hydrogen-bond acceptors (Lipinski definition) is 3. The Morgan fingerprint density at radius 2 is 1.84 bits per heavy atom. The maximum Gasteiger partial charge on any atom is 0.159 e. The molecule has 0 fully saturated rings. The normalized spacial score (nSPS) is 12.0. The fourth-order valence-electron chi connectivity index (χ4n) is 2.35. The van der Waals surface area contributed by atoms with E-state index in [4.69, 9.17) is 27.9 Å². The lowest BCUT2D eigenvalue weighted by Gasteiger charge is -2.18. The van der Waals surface area contributed by atoms with Gasteiger partial charge in [-0.05, 0) is 47.1 Å². The van der Waals surface area contributed by atoms with E-state index < -0.39 is 11.9 Å². The number of benzene rings is 2. The summed E-state index contributed by atoms with van der Waals surface area (Å²) in [6.45, 7) is 1.76. The Balaban J connectivity index is 1.88. The fourth-order valence-corrected chi connectivity index (χ4v) is 3.23. The Kier molecular flexibility index (Phi) is 5.57. The van der Waals surface area contributed by atoms with Crippen LogP contribution in [0.1, 0.15) is 18.6 Å². The van der Waals surface area contributed by atoms with Crippen LogP contribution >= 0.6 is 39.1 Å². The van der Waals surface area contributed by atoms with Crippen LogP contribution in [-0.2, 0) is 0 Å². The van der Waals surface area contributed by atoms with Crippen LogP contribution in [0.4, 0.5) is 4.39 Å². The Bertz CT molecular complexity index is 906. The highest BCUT2D eigenvalue weighted by atomic mass is 79.9. The number of aromatic nitrogens is 2. The first kappa shape index (κ1) is 18.1. The van der Waals surface area contributed by atoms with Gasteiger partial charge in [0.05, 0.1) is 9.50 Å². The first-order chi connectivity index (χ1) is 12.0. The molecule has 1 unspecified atom stereocenters. The maximum atomic E-state index is 13.7. The summed E-state index contributed by atoms with van der Waals surface area (Å²) < 4.78 is 20.4. The van der Waals surface area contributed by atoms with Crippen molar-refractivity contribution in [3.05, 3.63) is 74.7 Å². The SMILES string of the molecule is CC(Oc1cccc(-c2ncc(Br)cn2)c1)c1c(Cl)ccc(F)c1Cl. The van der Waals surface area contributed by atoms with Crippen LogP contribution in [0.15, 0.2) is 53.3 Å². The van der Waals surface area contributed by atoms with Gasteiger partial charge in [0.2, 0.25) is 0 Å². The van der Waals surface area contributed by atoms with Crippen LogP contribution in [0.3, 0.4) is 0 Å². The lowest BCUT2D eigenvalue weighted by Crippen LogP contribution is -2.06. The van der Waals surface area contributed by atoms with E-state index >= 15 is 0 Å². The monoisotopic (exact) mass is 440 g/mol. The Hall–Kier alpha value is -1.69. The molecule has 2 aromatic carbocycles. The third-order valence-electron chi connectivity index (χ3n) is 3.51. The molecule has 0 radical (unpaired) electrons. The van der Waals surface area contributed by atoms with E-state index in [1.807, 2.05) is 12.1 Å². The van der Waals surface area contributed by atoms with E-state index in [1.165, 1.54) is 12.1 Å². The Morgan fingerprint density at radius 3 is 2.56 bits per heavy atom. The molecule has 25 heavy (non-hydrogen) atoms.